The van der Waals surface area contributed by atoms with Crippen LogP contribution in [0.2, 0.25) is 0 Å². The first-order valence-corrected chi connectivity index (χ1v) is 6.38. The molecule has 0 fully saturated rings. The summed E-state index contributed by atoms with van der Waals surface area (Å²) in [6, 6.07) is 3.74. The van der Waals surface area contributed by atoms with Gasteiger partial charge in [-0.05, 0) is 31.6 Å². The van der Waals surface area contributed by atoms with Crippen LogP contribution in [0.1, 0.15) is 25.2 Å². The quantitative estimate of drug-likeness (QED) is 0.649. The van der Waals surface area contributed by atoms with E-state index < -0.39 is 0 Å². The van der Waals surface area contributed by atoms with Crippen molar-refractivity contribution in [1.82, 2.24) is 4.98 Å². The maximum Gasteiger partial charge on any atom is 0.0947 e. The predicted molar refractivity (Wildman–Crippen MR) is 89.7 cm³/mol. The maximum absolute atomic E-state index is 5.95. The zero-order chi connectivity index (χ0) is 15.1. The zero-order valence-corrected chi connectivity index (χ0v) is 12.4. The minimum atomic E-state index is 0.596. The van der Waals surface area contributed by atoms with E-state index in [1.165, 1.54) is 0 Å². The Morgan fingerprint density at radius 3 is 2.65 bits per heavy atom. The zero-order valence-electron chi connectivity index (χ0n) is 12.4. The molecule has 1 rings (SSSR count). The lowest BCUT2D eigenvalue weighted by Crippen LogP contribution is -2.00. The molecule has 104 valence electrons. The monoisotopic (exact) mass is 267 g/mol. The van der Waals surface area contributed by atoms with E-state index in [1.807, 2.05) is 44.2 Å². The lowest BCUT2D eigenvalue weighted by molar-refractivity contribution is 1.24. The van der Waals surface area contributed by atoms with Crippen LogP contribution in [0.5, 0.6) is 0 Å². The number of nitrogens with two attached hydrogens (primary N) is 1. The summed E-state index contributed by atoms with van der Waals surface area (Å²) in [5, 5.41) is 0. The van der Waals surface area contributed by atoms with Gasteiger partial charge in [-0.1, -0.05) is 37.0 Å². The normalized spacial score (nSPS) is 12.8. The van der Waals surface area contributed by atoms with Gasteiger partial charge in [-0.25, -0.2) is 4.98 Å². The first-order valence-electron chi connectivity index (χ1n) is 6.38. The van der Waals surface area contributed by atoms with Gasteiger partial charge in [0.1, 0.15) is 0 Å². The largest absolute Gasteiger partial charge is 0.397 e. The number of aliphatic imine (C=N–C) groups is 1. The number of pyridine rings is 1. The molecule has 0 atom stereocenters. The fraction of sp³-hybridized carbons (Fsp3) is 0.176. The fourth-order valence-corrected chi connectivity index (χ4v) is 1.71. The van der Waals surface area contributed by atoms with Crippen molar-refractivity contribution in [3.8, 4) is 0 Å². The Balaban J connectivity index is 3.30. The minimum Gasteiger partial charge on any atom is -0.397 e. The van der Waals surface area contributed by atoms with Gasteiger partial charge in [0.25, 0.3) is 0 Å². The Labute approximate surface area is 121 Å². The van der Waals surface area contributed by atoms with Gasteiger partial charge >= 0.3 is 0 Å². The van der Waals surface area contributed by atoms with Gasteiger partial charge in [0.05, 0.1) is 17.1 Å². The van der Waals surface area contributed by atoms with E-state index in [0.29, 0.717) is 17.0 Å². The highest BCUT2D eigenvalue weighted by Gasteiger charge is 2.07. The summed E-state index contributed by atoms with van der Waals surface area (Å²) in [6.45, 7) is 11.7. The first-order chi connectivity index (χ1) is 9.53. The van der Waals surface area contributed by atoms with Crippen LogP contribution in [0.4, 0.5) is 5.69 Å². The number of hydrogen-bond acceptors (Lipinski definition) is 3. The van der Waals surface area contributed by atoms with Crippen LogP contribution in [0.25, 0.3) is 11.1 Å². The van der Waals surface area contributed by atoms with Gasteiger partial charge in [0, 0.05) is 18.8 Å². The third-order valence-corrected chi connectivity index (χ3v) is 2.83. The molecule has 0 aliphatic heterocycles. The first kappa shape index (κ1) is 15.6. The molecule has 0 unspecified atom stereocenters. The Morgan fingerprint density at radius 1 is 1.40 bits per heavy atom. The van der Waals surface area contributed by atoms with Crippen molar-refractivity contribution in [3.05, 3.63) is 60.5 Å². The van der Waals surface area contributed by atoms with Gasteiger partial charge in [0.15, 0.2) is 0 Å². The highest BCUT2D eigenvalue weighted by Crippen LogP contribution is 2.22. The lowest BCUT2D eigenvalue weighted by Gasteiger charge is -2.08. The topological polar surface area (TPSA) is 51.3 Å². The molecule has 0 aromatic carbocycles. The van der Waals surface area contributed by atoms with Gasteiger partial charge in [0.2, 0.25) is 0 Å². The Kier molecular flexibility index (Phi) is 5.66. The number of allylic oxidation sites excluding steroid dienone is 6. The lowest BCUT2D eigenvalue weighted by atomic mass is 10.1. The third-order valence-electron chi connectivity index (χ3n) is 2.83. The molecule has 20 heavy (non-hydrogen) atoms. The van der Waals surface area contributed by atoms with Crippen molar-refractivity contribution < 1.29 is 0 Å². The van der Waals surface area contributed by atoms with Crippen LogP contribution < -0.4 is 5.73 Å². The van der Waals surface area contributed by atoms with Crippen molar-refractivity contribution in [2.75, 3.05) is 12.8 Å². The van der Waals surface area contributed by atoms with Gasteiger partial charge in [-0.3, -0.25) is 4.99 Å². The summed E-state index contributed by atoms with van der Waals surface area (Å²) in [5.74, 6) is 0. The second-order valence-electron chi connectivity index (χ2n) is 4.38. The van der Waals surface area contributed by atoms with Crippen molar-refractivity contribution in [2.45, 2.75) is 13.8 Å². The predicted octanol–water partition coefficient (Wildman–Crippen LogP) is 3.91. The number of aromatic nitrogens is 1. The standard InChI is InChI=1S/C17H21N3/c1-6-12(3)10-14(7-2)16-9-8-15(18)17(20-16)13(4)11-19-5/h6-11H,1,4,18H2,2-3,5H3/b12-10-,14-7+,19-11?. The van der Waals surface area contributed by atoms with Crippen LogP contribution in [-0.2, 0) is 0 Å². The highest BCUT2D eigenvalue weighted by atomic mass is 14.8. The van der Waals surface area contributed by atoms with Crippen molar-refractivity contribution in [3.63, 3.8) is 0 Å². The van der Waals surface area contributed by atoms with Crippen LogP contribution >= 0.6 is 0 Å². The highest BCUT2D eigenvalue weighted by molar-refractivity contribution is 6.09. The summed E-state index contributed by atoms with van der Waals surface area (Å²) >= 11 is 0. The number of hydrogen-bond donors (Lipinski definition) is 1. The molecule has 3 nitrogen and oxygen atoms in total. The van der Waals surface area contributed by atoms with Gasteiger partial charge in [-0.15, -0.1) is 0 Å². The molecule has 0 radical (unpaired) electrons. The number of anilines is 1. The average molecular weight is 267 g/mol. The Morgan fingerprint density at radius 2 is 2.10 bits per heavy atom. The molecule has 0 bridgehead atoms. The molecule has 1 aromatic heterocycles. The van der Waals surface area contributed by atoms with Crippen molar-refractivity contribution in [1.29, 1.82) is 0 Å². The molecule has 0 aliphatic rings. The Hall–Kier alpha value is -2.42. The SMILES string of the molecule is C=C/C(C)=C\C(=C/C)c1ccc(N)c(C(=C)C=NC)n1. The summed E-state index contributed by atoms with van der Waals surface area (Å²) < 4.78 is 0. The molecule has 0 saturated heterocycles. The second-order valence-corrected chi connectivity index (χ2v) is 4.38. The molecule has 3 heteroatoms. The summed E-state index contributed by atoms with van der Waals surface area (Å²) in [7, 11) is 1.69. The molecule has 2 N–H and O–H groups in total. The van der Waals surface area contributed by atoms with Gasteiger partial charge in [-0.2, -0.15) is 0 Å². The van der Waals surface area contributed by atoms with Crippen molar-refractivity contribution in [2.24, 2.45) is 4.99 Å². The molecule has 1 heterocycles. The van der Waals surface area contributed by atoms with E-state index in [9.17, 15) is 0 Å². The molecule has 0 aliphatic carbocycles. The minimum absolute atomic E-state index is 0.596. The van der Waals surface area contributed by atoms with Crippen LogP contribution in [-0.4, -0.2) is 18.2 Å². The smallest absolute Gasteiger partial charge is 0.0947 e. The van der Waals surface area contributed by atoms with E-state index in [0.717, 1.165) is 16.8 Å². The molecule has 0 saturated carbocycles. The molecule has 0 amide bonds. The van der Waals surface area contributed by atoms with E-state index in [4.69, 9.17) is 5.73 Å². The Bertz CT molecular complexity index is 605. The summed E-state index contributed by atoms with van der Waals surface area (Å²) in [4.78, 5) is 8.54. The molecule has 1 aromatic rings. The maximum atomic E-state index is 5.95. The van der Waals surface area contributed by atoms with E-state index in [2.05, 4.69) is 23.1 Å². The molecular formula is C17H21N3. The molecular weight excluding hydrogens is 246 g/mol. The van der Waals surface area contributed by atoms with E-state index >= 15 is 0 Å². The number of nitrogens with zero attached hydrogens (tertiary/aromatic N) is 2. The van der Waals surface area contributed by atoms with Crippen LogP contribution in [0, 0.1) is 0 Å². The van der Waals surface area contributed by atoms with Crippen molar-refractivity contribution >= 4 is 23.0 Å². The third kappa shape index (κ3) is 3.79. The van der Waals surface area contributed by atoms with Crippen LogP contribution in [0.15, 0.2) is 54.1 Å². The second kappa shape index (κ2) is 7.24. The molecule has 0 spiro atoms. The number of nitrogen functional groups attached to an aromatic ring is 1. The van der Waals surface area contributed by atoms with E-state index in [-0.39, 0.29) is 0 Å². The van der Waals surface area contributed by atoms with Crippen LogP contribution in [0.3, 0.4) is 0 Å². The summed E-state index contributed by atoms with van der Waals surface area (Å²) in [6.07, 6.45) is 7.50. The number of rotatable bonds is 5. The van der Waals surface area contributed by atoms with Gasteiger partial charge < -0.3 is 5.73 Å². The average Bonchev–Trinajstić information content (AvgIpc) is 2.45. The summed E-state index contributed by atoms with van der Waals surface area (Å²) in [5.41, 5.74) is 10.9. The van der Waals surface area contributed by atoms with E-state index in [1.54, 1.807) is 13.3 Å². The fourth-order valence-electron chi connectivity index (χ4n) is 1.71.